The number of likely N-dealkylation sites (N-methyl/N-ethyl adjacent to an activating group) is 7. The number of benzene rings is 2. The highest BCUT2D eigenvalue weighted by Gasteiger charge is 2.48. The first kappa shape index (κ1) is 77.1. The van der Waals surface area contributed by atoms with E-state index in [1.807, 2.05) is 34.6 Å². The van der Waals surface area contributed by atoms with Crippen molar-refractivity contribution in [3.63, 3.8) is 0 Å². The fraction of sp³-hybridized carbons (Fsp3) is 0.652. The van der Waals surface area contributed by atoms with E-state index in [1.54, 1.807) is 52.0 Å². The predicted molar refractivity (Wildman–Crippen MR) is 343 cm³/mol. The number of alkyl halides is 3. The number of nitrogens with one attached hydrogen (secondary N) is 4. The van der Waals surface area contributed by atoms with Gasteiger partial charge in [-0.2, -0.15) is 13.2 Å². The third-order valence-electron chi connectivity index (χ3n) is 17.6. The first-order chi connectivity index (χ1) is 42.8. The molecule has 2 aromatic rings. The number of rotatable bonds is 12. The van der Waals surface area contributed by atoms with Gasteiger partial charge in [0.15, 0.2) is 0 Å². The van der Waals surface area contributed by atoms with Gasteiger partial charge in [-0.05, 0) is 105 Å². The fourth-order valence-corrected chi connectivity index (χ4v) is 11.9. The summed E-state index contributed by atoms with van der Waals surface area (Å²) in [5, 5.41) is 11.9. The Morgan fingerprint density at radius 3 is 1.64 bits per heavy atom. The van der Waals surface area contributed by atoms with E-state index in [0.717, 1.165) is 31.7 Å². The molecular formula is C66H99ClF3N11O11. The fourth-order valence-electron chi connectivity index (χ4n) is 11.8. The second kappa shape index (κ2) is 34.0. The number of amides is 11. The highest BCUT2D eigenvalue weighted by Crippen LogP contribution is 2.34. The molecule has 0 unspecified atom stereocenters. The molecule has 4 N–H and O–H groups in total. The first-order valence-electron chi connectivity index (χ1n) is 31.8. The van der Waals surface area contributed by atoms with Gasteiger partial charge >= 0.3 is 6.18 Å². The van der Waals surface area contributed by atoms with E-state index in [1.165, 1.54) is 76.2 Å². The molecule has 0 radical (unpaired) electrons. The smallest absolute Gasteiger partial charge is 0.351 e. The standard InChI is InChI=1S/C66H99ClF3N11O11/c1-17-42(8)56-63(91)77(12)37-54(84)75(10)38-55(85)78(13)51(35-45-22-27-47(67)28-23-45)62(90)76(11)36-52(82)72-48(29-24-44-20-25-46(26-21-44)66(68,69)70)61(89)79(14)50(33-40(4)5)59(87)74-65(30-18-19-31-65)64(92)80(15)49(32-39(2)3)58(86)71-43(9)34-53(83)81(16)57(41(6)7)60(88)73-56/h20-23,25-28,39-43,48-51,56-57H,17-19,24,29-38H2,1-16H3,(H,71,86)(H,72,82)(H,73,88)(H,74,87)/t42-,43+,48-,49-,50+,51-,56-,57-/m0/s1. The van der Waals surface area contributed by atoms with Crippen LogP contribution in [-0.2, 0) is 71.8 Å². The van der Waals surface area contributed by atoms with Gasteiger partial charge in [-0.15, -0.1) is 0 Å². The maximum absolute atomic E-state index is 15.1. The van der Waals surface area contributed by atoms with Crippen LogP contribution in [0.25, 0.3) is 0 Å². The van der Waals surface area contributed by atoms with Crippen LogP contribution in [0.1, 0.15) is 137 Å². The highest BCUT2D eigenvalue weighted by atomic mass is 35.5. The molecule has 2 aliphatic rings. The molecule has 1 heterocycles. The molecule has 22 nitrogen and oxygen atoms in total. The lowest BCUT2D eigenvalue weighted by Gasteiger charge is -2.39. The quantitative estimate of drug-likeness (QED) is 0.212. The summed E-state index contributed by atoms with van der Waals surface area (Å²) in [5.41, 5.74) is -1.48. The van der Waals surface area contributed by atoms with Crippen molar-refractivity contribution in [1.29, 1.82) is 0 Å². The first-order valence-corrected chi connectivity index (χ1v) is 32.1. The van der Waals surface area contributed by atoms with Crippen LogP contribution in [0.4, 0.5) is 13.2 Å². The molecule has 26 heteroatoms. The topological polar surface area (TPSA) is 259 Å². The monoisotopic (exact) mass is 1310 g/mol. The average molecular weight is 1320 g/mol. The van der Waals surface area contributed by atoms with E-state index < -0.39 is 156 Å². The van der Waals surface area contributed by atoms with Gasteiger partial charge < -0.3 is 55.6 Å². The van der Waals surface area contributed by atoms with Crippen molar-refractivity contribution in [1.82, 2.24) is 55.6 Å². The Labute approximate surface area is 545 Å². The Hall–Kier alpha value is -7.31. The van der Waals surface area contributed by atoms with Gasteiger partial charge in [0, 0.05) is 73.2 Å². The molecule has 2 fully saturated rings. The van der Waals surface area contributed by atoms with Crippen LogP contribution >= 0.6 is 11.6 Å². The predicted octanol–water partition coefficient (Wildman–Crippen LogP) is 5.32. The summed E-state index contributed by atoms with van der Waals surface area (Å²) < 4.78 is 40.9. The maximum Gasteiger partial charge on any atom is 0.416 e. The zero-order valence-electron chi connectivity index (χ0n) is 56.5. The molecule has 4 rings (SSSR count). The number of hydrogen-bond donors (Lipinski definition) is 4. The molecule has 1 saturated carbocycles. The van der Waals surface area contributed by atoms with Gasteiger partial charge in [0.05, 0.1) is 25.2 Å². The van der Waals surface area contributed by atoms with Crippen LogP contribution in [0.5, 0.6) is 0 Å². The minimum Gasteiger partial charge on any atom is -0.351 e. The molecule has 1 aliphatic carbocycles. The zero-order valence-corrected chi connectivity index (χ0v) is 57.3. The van der Waals surface area contributed by atoms with Crippen molar-refractivity contribution in [2.24, 2.45) is 23.7 Å². The minimum atomic E-state index is -4.63. The second-order valence-electron chi connectivity index (χ2n) is 26.5. The lowest BCUT2D eigenvalue weighted by molar-refractivity contribution is -0.149. The summed E-state index contributed by atoms with van der Waals surface area (Å²) in [6, 6.07) is 2.58. The Kier molecular flexibility index (Phi) is 28.5. The Balaban J connectivity index is 1.85. The van der Waals surface area contributed by atoms with Crippen molar-refractivity contribution in [2.45, 2.75) is 187 Å². The van der Waals surface area contributed by atoms with E-state index in [0.29, 0.717) is 35.4 Å². The third-order valence-corrected chi connectivity index (χ3v) is 17.9. The maximum atomic E-state index is 15.1. The molecule has 92 heavy (non-hydrogen) atoms. The van der Waals surface area contributed by atoms with Gasteiger partial charge in [-0.1, -0.05) is 111 Å². The molecule has 0 bridgehead atoms. The Bertz CT molecular complexity index is 2930. The van der Waals surface area contributed by atoms with E-state index in [9.17, 15) is 51.5 Å². The average Bonchev–Trinajstić information content (AvgIpc) is 1.63. The highest BCUT2D eigenvalue weighted by molar-refractivity contribution is 6.30. The van der Waals surface area contributed by atoms with E-state index >= 15 is 14.4 Å². The summed E-state index contributed by atoms with van der Waals surface area (Å²) in [7, 11) is 9.68. The van der Waals surface area contributed by atoms with Crippen LogP contribution in [0.3, 0.4) is 0 Å². The van der Waals surface area contributed by atoms with Crippen molar-refractivity contribution < 1.29 is 65.9 Å². The molecule has 8 atom stereocenters. The number of carbonyl (C=O) groups is 11. The lowest BCUT2D eigenvalue weighted by Crippen LogP contribution is -2.64. The third kappa shape index (κ3) is 21.1. The second-order valence-corrected chi connectivity index (χ2v) is 26.9. The van der Waals surface area contributed by atoms with E-state index in [-0.39, 0.29) is 63.2 Å². The Morgan fingerprint density at radius 2 is 1.11 bits per heavy atom. The normalized spacial score (nSPS) is 24.2. The van der Waals surface area contributed by atoms with Gasteiger partial charge in [-0.25, -0.2) is 0 Å². The largest absolute Gasteiger partial charge is 0.416 e. The van der Waals surface area contributed by atoms with Crippen LogP contribution in [0, 0.1) is 23.7 Å². The number of carbonyl (C=O) groups excluding carboxylic acids is 11. The molecule has 0 aromatic heterocycles. The summed E-state index contributed by atoms with van der Waals surface area (Å²) in [6.07, 6.45) is -3.11. The van der Waals surface area contributed by atoms with Crippen molar-refractivity contribution in [2.75, 3.05) is 69.0 Å². The van der Waals surface area contributed by atoms with Gasteiger partial charge in [0.2, 0.25) is 65.0 Å². The molecule has 11 amide bonds. The zero-order chi connectivity index (χ0) is 69.4. The molecular weight excluding hydrogens is 1220 g/mol. The molecule has 1 aliphatic heterocycles. The molecule has 1 spiro atoms. The van der Waals surface area contributed by atoms with Crippen LogP contribution < -0.4 is 21.3 Å². The SMILES string of the molecule is CC[C@H](C)[C@@H]1NC(=O)[C@H](C(C)C)N(C)C(=O)C[C@@H](C)NC(=O)[C@H](CC(C)C)N(C)C(=O)C2(CCCC2)NC(=O)[C@@H](CC(C)C)N(C)C(=O)[C@H](CCc2ccc(C(F)(F)F)cc2)NC(=O)CN(C)C(=O)[C@H](Cc2ccc(Cl)cc2)N(C)C(=O)CN(C)C(=O)CN(C)C1=O. The lowest BCUT2D eigenvalue weighted by atomic mass is 9.91. The Morgan fingerprint density at radius 1 is 0.576 bits per heavy atom. The van der Waals surface area contributed by atoms with E-state index in [2.05, 4.69) is 21.3 Å². The van der Waals surface area contributed by atoms with Crippen molar-refractivity contribution in [3.8, 4) is 0 Å². The van der Waals surface area contributed by atoms with Crippen LogP contribution in [-0.4, -0.2) is 216 Å². The van der Waals surface area contributed by atoms with Gasteiger partial charge in [0.1, 0.15) is 41.8 Å². The van der Waals surface area contributed by atoms with Gasteiger partial charge in [0.25, 0.3) is 0 Å². The van der Waals surface area contributed by atoms with Crippen LogP contribution in [0.15, 0.2) is 48.5 Å². The molecule has 512 valence electrons. The van der Waals surface area contributed by atoms with Crippen molar-refractivity contribution in [3.05, 3.63) is 70.2 Å². The minimum absolute atomic E-state index is 0.0330. The van der Waals surface area contributed by atoms with Crippen LogP contribution in [0.2, 0.25) is 5.02 Å². The number of nitrogens with zero attached hydrogens (tertiary/aromatic N) is 7. The van der Waals surface area contributed by atoms with Gasteiger partial charge in [-0.3, -0.25) is 52.7 Å². The summed E-state index contributed by atoms with van der Waals surface area (Å²) in [6.45, 7) is 14.3. The van der Waals surface area contributed by atoms with E-state index in [4.69, 9.17) is 11.6 Å². The van der Waals surface area contributed by atoms with Crippen molar-refractivity contribution >= 4 is 76.6 Å². The summed E-state index contributed by atoms with van der Waals surface area (Å²) in [5.74, 6) is -8.65. The number of aryl methyl sites for hydroxylation is 1. The summed E-state index contributed by atoms with van der Waals surface area (Å²) >= 11 is 6.21. The summed E-state index contributed by atoms with van der Waals surface area (Å²) in [4.78, 5) is 168. The number of halogens is 4. The number of hydrogen-bond acceptors (Lipinski definition) is 11. The molecule has 1 saturated heterocycles. The molecule has 2 aromatic carbocycles.